The smallest absolute Gasteiger partial charge is 0.340 e. The fourth-order valence-corrected chi connectivity index (χ4v) is 6.81. The fraction of sp³-hybridized carbons (Fsp3) is 0.273. The van der Waals surface area contributed by atoms with Crippen molar-refractivity contribution in [2.75, 3.05) is 11.5 Å². The number of Topliss-reactive ketones (excluding diaryl/α,β-unsaturated/α-hetero) is 1. The van der Waals surface area contributed by atoms with E-state index in [0.29, 0.717) is 29.8 Å². The number of imide groups is 1. The van der Waals surface area contributed by atoms with Crippen molar-refractivity contribution >= 4 is 29.3 Å². The molecule has 0 spiro atoms. The molecule has 2 amide bonds. The summed E-state index contributed by atoms with van der Waals surface area (Å²) in [6.45, 7) is -0.0599. The van der Waals surface area contributed by atoms with E-state index in [4.69, 9.17) is 9.47 Å². The number of allylic oxidation sites excluding steroid dienone is 2. The van der Waals surface area contributed by atoms with Crippen LogP contribution < -0.4 is 9.64 Å². The fourth-order valence-electron chi connectivity index (χ4n) is 6.81. The van der Waals surface area contributed by atoms with Crippen LogP contribution in [0.3, 0.4) is 0 Å². The number of hydrogen-bond donors (Lipinski definition) is 0. The topological polar surface area (TPSA) is 90.0 Å². The van der Waals surface area contributed by atoms with Gasteiger partial charge in [0.15, 0.2) is 12.4 Å². The molecule has 1 heterocycles. The summed E-state index contributed by atoms with van der Waals surface area (Å²) in [5.41, 5.74) is 1.72. The predicted octanol–water partition coefficient (Wildman–Crippen LogP) is 4.86. The van der Waals surface area contributed by atoms with Crippen LogP contribution in [-0.4, -0.2) is 30.2 Å². The number of rotatable bonds is 8. The van der Waals surface area contributed by atoms with Crippen LogP contribution in [0.2, 0.25) is 0 Å². The number of hydrogen-bond acceptors (Lipinski definition) is 6. The largest absolute Gasteiger partial charge is 0.489 e. The first-order chi connectivity index (χ1) is 19.5. The molecule has 0 N–H and O–H groups in total. The van der Waals surface area contributed by atoms with E-state index in [1.165, 1.54) is 11.0 Å². The van der Waals surface area contributed by atoms with E-state index < -0.39 is 12.6 Å². The number of benzene rings is 3. The Balaban J connectivity index is 1.01. The zero-order chi connectivity index (χ0) is 27.4. The van der Waals surface area contributed by atoms with Gasteiger partial charge in [0.1, 0.15) is 12.4 Å². The number of anilines is 1. The standard InChI is InChI=1S/C33H27NO6/c35-28(20-10-12-21(13-11-20)39-17-19-6-2-1-3-7-19)18-40-33(38)24-8-4-5-9-27(24)34-31(36)29-22-14-15-23(26-16-25(22)26)30(29)32(34)37/h1-15,22-23,25-26,29-30H,16-18H2/t22-,23-,25-,26-,29-,30+/m1/s1. The molecule has 200 valence electrons. The molecule has 0 radical (unpaired) electrons. The summed E-state index contributed by atoms with van der Waals surface area (Å²) in [6.07, 6.45) is 5.31. The van der Waals surface area contributed by atoms with E-state index in [0.717, 1.165) is 12.0 Å². The van der Waals surface area contributed by atoms with Crippen molar-refractivity contribution in [3.63, 3.8) is 0 Å². The Morgan fingerprint density at radius 3 is 2.08 bits per heavy atom. The van der Waals surface area contributed by atoms with E-state index in [1.54, 1.807) is 42.5 Å². The van der Waals surface area contributed by atoms with Gasteiger partial charge in [-0.2, -0.15) is 0 Å². The van der Waals surface area contributed by atoms with Crippen LogP contribution in [0.4, 0.5) is 5.69 Å². The van der Waals surface area contributed by atoms with Gasteiger partial charge in [0.2, 0.25) is 11.8 Å². The van der Waals surface area contributed by atoms with Crippen molar-refractivity contribution < 1.29 is 28.7 Å². The Bertz CT molecular complexity index is 1510. The van der Waals surface area contributed by atoms with E-state index in [1.807, 2.05) is 30.3 Å². The van der Waals surface area contributed by atoms with E-state index in [2.05, 4.69) is 12.2 Å². The maximum Gasteiger partial charge on any atom is 0.340 e. The van der Waals surface area contributed by atoms with Gasteiger partial charge in [0.05, 0.1) is 23.1 Å². The van der Waals surface area contributed by atoms with E-state index in [-0.39, 0.29) is 52.5 Å². The minimum Gasteiger partial charge on any atom is -0.489 e. The summed E-state index contributed by atoms with van der Waals surface area (Å²) >= 11 is 0. The lowest BCUT2D eigenvalue weighted by molar-refractivity contribution is -0.124. The molecule has 7 nitrogen and oxygen atoms in total. The lowest BCUT2D eigenvalue weighted by atomic mass is 9.63. The van der Waals surface area contributed by atoms with Gasteiger partial charge >= 0.3 is 5.97 Å². The summed E-state index contributed by atoms with van der Waals surface area (Å²) < 4.78 is 11.1. The molecule has 3 fully saturated rings. The highest BCUT2D eigenvalue weighted by atomic mass is 16.5. The highest BCUT2D eigenvalue weighted by Gasteiger charge is 2.67. The zero-order valence-corrected chi connectivity index (χ0v) is 21.6. The number of esters is 1. The zero-order valence-electron chi connectivity index (χ0n) is 21.6. The monoisotopic (exact) mass is 533 g/mol. The number of amides is 2. The van der Waals surface area contributed by atoms with Crippen molar-refractivity contribution in [3.8, 4) is 5.75 Å². The third-order valence-corrected chi connectivity index (χ3v) is 8.79. The number of carbonyl (C=O) groups is 4. The Morgan fingerprint density at radius 2 is 1.40 bits per heavy atom. The number of ketones is 1. The number of nitrogens with zero attached hydrogens (tertiary/aromatic N) is 1. The van der Waals surface area contributed by atoms with Crippen LogP contribution in [0.25, 0.3) is 0 Å². The maximum atomic E-state index is 13.5. The van der Waals surface area contributed by atoms with Crippen molar-refractivity contribution in [2.24, 2.45) is 35.5 Å². The highest BCUT2D eigenvalue weighted by molar-refractivity contribution is 6.24. The first kappa shape index (κ1) is 24.5. The molecule has 7 heteroatoms. The quantitative estimate of drug-likeness (QED) is 0.178. The normalized spacial score (nSPS) is 27.2. The average Bonchev–Trinajstić information content (AvgIpc) is 3.78. The average molecular weight is 534 g/mol. The number of ether oxygens (including phenoxy) is 2. The molecule has 1 aliphatic heterocycles. The molecule has 4 aliphatic carbocycles. The van der Waals surface area contributed by atoms with Crippen LogP contribution >= 0.6 is 0 Å². The Labute approximate surface area is 231 Å². The lowest BCUT2D eigenvalue weighted by Crippen LogP contribution is -2.40. The van der Waals surface area contributed by atoms with Crippen molar-refractivity contribution in [1.29, 1.82) is 0 Å². The SMILES string of the molecule is O=C(COC(=O)c1ccccc1N1C(=O)[C@@H]2[C@@H]3C=C[C@H]([C@H]4C[C@H]34)[C@@H]2C1=O)c1ccc(OCc2ccccc2)cc1. The summed E-state index contributed by atoms with van der Waals surface area (Å²) in [7, 11) is 0. The third-order valence-electron chi connectivity index (χ3n) is 8.79. The van der Waals surface area contributed by atoms with Gasteiger partial charge in [0, 0.05) is 5.56 Å². The molecule has 40 heavy (non-hydrogen) atoms. The second-order valence-corrected chi connectivity index (χ2v) is 11.0. The van der Waals surface area contributed by atoms with Crippen molar-refractivity contribution in [2.45, 2.75) is 13.0 Å². The molecule has 5 aliphatic rings. The Kier molecular flexibility index (Phi) is 5.88. The molecule has 3 aromatic rings. The van der Waals surface area contributed by atoms with Crippen molar-refractivity contribution in [1.82, 2.24) is 0 Å². The van der Waals surface area contributed by atoms with Gasteiger partial charge in [-0.05, 0) is 72.1 Å². The first-order valence-corrected chi connectivity index (χ1v) is 13.6. The van der Waals surface area contributed by atoms with Crippen LogP contribution in [0.5, 0.6) is 5.75 Å². The molecule has 3 aromatic carbocycles. The summed E-state index contributed by atoms with van der Waals surface area (Å²) in [5, 5.41) is 0. The van der Waals surface area contributed by atoms with Gasteiger partial charge in [-0.1, -0.05) is 54.6 Å². The van der Waals surface area contributed by atoms with Crippen LogP contribution in [0.15, 0.2) is 91.0 Å². The number of carbonyl (C=O) groups excluding carboxylic acids is 4. The van der Waals surface area contributed by atoms with Crippen LogP contribution in [0.1, 0.15) is 32.7 Å². The van der Waals surface area contributed by atoms with Crippen molar-refractivity contribution in [3.05, 3.63) is 108 Å². The minimum absolute atomic E-state index is 0.0887. The molecular formula is C33H27NO6. The van der Waals surface area contributed by atoms with Gasteiger partial charge in [-0.25, -0.2) is 9.69 Å². The van der Waals surface area contributed by atoms with E-state index >= 15 is 0 Å². The van der Waals surface area contributed by atoms with Gasteiger partial charge in [-0.15, -0.1) is 0 Å². The van der Waals surface area contributed by atoms with Crippen LogP contribution in [-0.2, 0) is 20.9 Å². The molecule has 8 rings (SSSR count). The second-order valence-electron chi connectivity index (χ2n) is 11.0. The molecule has 0 unspecified atom stereocenters. The molecular weight excluding hydrogens is 506 g/mol. The van der Waals surface area contributed by atoms with Gasteiger partial charge in [-0.3, -0.25) is 14.4 Å². The predicted molar refractivity (Wildman–Crippen MR) is 145 cm³/mol. The first-order valence-electron chi connectivity index (χ1n) is 13.6. The number of para-hydroxylation sites is 1. The molecule has 2 bridgehead atoms. The Hall–Kier alpha value is -4.52. The molecule has 2 saturated carbocycles. The Morgan fingerprint density at radius 1 is 0.775 bits per heavy atom. The molecule has 1 saturated heterocycles. The summed E-state index contributed by atoms with van der Waals surface area (Å²) in [4.78, 5) is 54.1. The molecule has 6 atom stereocenters. The van der Waals surface area contributed by atoms with Gasteiger partial charge < -0.3 is 9.47 Å². The third kappa shape index (κ3) is 4.04. The minimum atomic E-state index is -0.758. The van der Waals surface area contributed by atoms with E-state index in [9.17, 15) is 19.2 Å². The lowest BCUT2D eigenvalue weighted by Gasteiger charge is -2.37. The molecule has 0 aromatic heterocycles. The summed E-state index contributed by atoms with van der Waals surface area (Å²) in [5.74, 6) is -0.570. The summed E-state index contributed by atoms with van der Waals surface area (Å²) in [6, 6.07) is 22.9. The second kappa shape index (κ2) is 9.59. The highest BCUT2D eigenvalue weighted by Crippen LogP contribution is 2.65. The van der Waals surface area contributed by atoms with Crippen LogP contribution in [0, 0.1) is 35.5 Å². The van der Waals surface area contributed by atoms with Gasteiger partial charge in [0.25, 0.3) is 0 Å². The maximum absolute atomic E-state index is 13.5.